The van der Waals surface area contributed by atoms with E-state index in [2.05, 4.69) is 70.5 Å². The summed E-state index contributed by atoms with van der Waals surface area (Å²) in [5, 5.41) is 0. The second kappa shape index (κ2) is 16.5. The average Bonchev–Trinajstić information content (AvgIpc) is 3.92. The van der Waals surface area contributed by atoms with Gasteiger partial charge >= 0.3 is 6.09 Å². The summed E-state index contributed by atoms with van der Waals surface area (Å²) in [5.74, 6) is 0.789. The van der Waals surface area contributed by atoms with Crippen molar-refractivity contribution in [2.45, 2.75) is 76.4 Å². The third-order valence-corrected chi connectivity index (χ3v) is 10.3. The van der Waals surface area contributed by atoms with E-state index in [4.69, 9.17) is 19.9 Å². The number of nitrogens with two attached hydrogens (primary N) is 1. The Bertz CT molecular complexity index is 1620. The second-order valence-electron chi connectivity index (χ2n) is 15.3. The Morgan fingerprint density at radius 1 is 0.902 bits per heavy atom. The maximum atomic E-state index is 15.0. The summed E-state index contributed by atoms with van der Waals surface area (Å²) in [6, 6.07) is 25.6. The molecule has 2 heterocycles. The molecule has 1 aliphatic carbocycles. The van der Waals surface area contributed by atoms with Gasteiger partial charge < -0.3 is 34.6 Å². The molecule has 1 unspecified atom stereocenters. The molecule has 0 spiro atoms. The van der Waals surface area contributed by atoms with Crippen molar-refractivity contribution >= 4 is 17.7 Å². The van der Waals surface area contributed by atoms with E-state index < -0.39 is 5.60 Å². The van der Waals surface area contributed by atoms with E-state index in [0.29, 0.717) is 39.2 Å². The topological polar surface area (TPSA) is 97.6 Å². The average molecular weight is 697 g/mol. The first-order valence-electron chi connectivity index (χ1n) is 18.8. The molecule has 3 aliphatic rings. The minimum absolute atomic E-state index is 0.0299. The lowest BCUT2D eigenvalue weighted by Gasteiger charge is -2.41. The Balaban J connectivity index is 1.26. The molecular formula is C42H56N4O5. The molecule has 1 saturated carbocycles. The highest BCUT2D eigenvalue weighted by atomic mass is 16.6. The van der Waals surface area contributed by atoms with Gasteiger partial charge in [0.25, 0.3) is 0 Å². The molecule has 0 bridgehead atoms. The van der Waals surface area contributed by atoms with Gasteiger partial charge in [-0.1, -0.05) is 54.6 Å². The highest BCUT2D eigenvalue weighted by Crippen LogP contribution is 2.42. The molecule has 51 heavy (non-hydrogen) atoms. The van der Waals surface area contributed by atoms with E-state index in [1.54, 1.807) is 12.0 Å². The first-order valence-corrected chi connectivity index (χ1v) is 18.8. The molecule has 2 N–H and O–H groups in total. The van der Waals surface area contributed by atoms with Gasteiger partial charge in [0.2, 0.25) is 5.91 Å². The van der Waals surface area contributed by atoms with Crippen LogP contribution in [-0.2, 0) is 14.3 Å². The Hall–Kier alpha value is -4.08. The number of benzene rings is 3. The van der Waals surface area contributed by atoms with Crippen molar-refractivity contribution in [1.82, 2.24) is 9.80 Å². The van der Waals surface area contributed by atoms with Gasteiger partial charge in [-0.3, -0.25) is 4.79 Å². The fourth-order valence-electron chi connectivity index (χ4n) is 7.67. The molecular weight excluding hydrogens is 640 g/mol. The van der Waals surface area contributed by atoms with Crippen molar-refractivity contribution in [2.24, 2.45) is 11.7 Å². The smallest absolute Gasteiger partial charge is 0.410 e. The summed E-state index contributed by atoms with van der Waals surface area (Å²) < 4.78 is 17.0. The largest absolute Gasteiger partial charge is 0.494 e. The van der Waals surface area contributed by atoms with Gasteiger partial charge in [-0.05, 0) is 106 Å². The zero-order valence-corrected chi connectivity index (χ0v) is 30.9. The highest BCUT2D eigenvalue weighted by Gasteiger charge is 2.44. The highest BCUT2D eigenvalue weighted by molar-refractivity contribution is 5.82. The van der Waals surface area contributed by atoms with E-state index in [9.17, 15) is 4.79 Å². The standard InChI is InChI=1S/C42H56N4O5/c1-42(2,3)51-41(48)45-23-20-36(32-11-7-10-31(26-32)30-14-18-35(19-15-30)50-25-8-21-43)38(29-45)40(47)46(34-16-17-34)28-33-27-44(22-9-24-49-4)39-13-6-5-12-37(33)39/h5-7,10-15,18-19,26,33-34,36,38H,8-9,16-17,20-25,27-29,43H2,1-4H3/t33?,36-,38+/m1/s1. The molecule has 2 amide bonds. The number of methoxy groups -OCH3 is 1. The van der Waals surface area contributed by atoms with Gasteiger partial charge in [-0.25, -0.2) is 4.79 Å². The number of hydrogen-bond acceptors (Lipinski definition) is 7. The Kier molecular flexibility index (Phi) is 11.9. The van der Waals surface area contributed by atoms with Crippen LogP contribution in [0.5, 0.6) is 5.75 Å². The quantitative estimate of drug-likeness (QED) is 0.181. The Morgan fingerprint density at radius 3 is 2.41 bits per heavy atom. The van der Waals surface area contributed by atoms with Crippen LogP contribution in [0, 0.1) is 5.92 Å². The van der Waals surface area contributed by atoms with Crippen LogP contribution < -0.4 is 15.4 Å². The molecule has 2 aliphatic heterocycles. The van der Waals surface area contributed by atoms with Gasteiger partial charge in [-0.2, -0.15) is 0 Å². The molecule has 274 valence electrons. The number of anilines is 1. The molecule has 6 rings (SSSR count). The predicted molar refractivity (Wildman–Crippen MR) is 202 cm³/mol. The van der Waals surface area contributed by atoms with Crippen molar-refractivity contribution in [3.05, 3.63) is 83.9 Å². The predicted octanol–water partition coefficient (Wildman–Crippen LogP) is 7.05. The monoisotopic (exact) mass is 696 g/mol. The van der Waals surface area contributed by atoms with Crippen LogP contribution in [-0.4, -0.2) is 93.0 Å². The number of amides is 2. The maximum Gasteiger partial charge on any atom is 0.410 e. The number of hydrogen-bond donors (Lipinski definition) is 1. The van der Waals surface area contributed by atoms with Gasteiger partial charge in [-0.15, -0.1) is 0 Å². The van der Waals surface area contributed by atoms with E-state index >= 15 is 4.79 Å². The maximum absolute atomic E-state index is 15.0. The van der Waals surface area contributed by atoms with Crippen molar-refractivity contribution in [3.8, 4) is 16.9 Å². The lowest BCUT2D eigenvalue weighted by atomic mass is 9.78. The van der Waals surface area contributed by atoms with E-state index in [0.717, 1.165) is 67.8 Å². The number of carbonyl (C=O) groups excluding carboxylic acids is 2. The molecule has 9 heteroatoms. The van der Waals surface area contributed by atoms with Crippen molar-refractivity contribution in [2.75, 3.05) is 64.5 Å². The minimum Gasteiger partial charge on any atom is -0.494 e. The number of nitrogens with zero attached hydrogens (tertiary/aromatic N) is 3. The van der Waals surface area contributed by atoms with Gasteiger partial charge in [0, 0.05) is 64.1 Å². The summed E-state index contributed by atoms with van der Waals surface area (Å²) in [4.78, 5) is 34.8. The van der Waals surface area contributed by atoms with Crippen LogP contribution in [0.15, 0.2) is 72.8 Å². The third kappa shape index (κ3) is 9.24. The summed E-state index contributed by atoms with van der Waals surface area (Å²) in [6.45, 7) is 11.0. The van der Waals surface area contributed by atoms with Crippen molar-refractivity contribution in [1.29, 1.82) is 0 Å². The minimum atomic E-state index is -0.613. The van der Waals surface area contributed by atoms with Crippen molar-refractivity contribution in [3.63, 3.8) is 0 Å². The van der Waals surface area contributed by atoms with Crippen LogP contribution in [0.2, 0.25) is 0 Å². The number of rotatable bonds is 14. The second-order valence-corrected chi connectivity index (χ2v) is 15.3. The van der Waals surface area contributed by atoms with Crippen LogP contribution in [0.1, 0.15) is 75.8 Å². The fraction of sp³-hybridized carbons (Fsp3) is 0.524. The molecule has 1 saturated heterocycles. The molecule has 0 radical (unpaired) electrons. The molecule has 0 aromatic heterocycles. The van der Waals surface area contributed by atoms with Crippen LogP contribution in [0.3, 0.4) is 0 Å². The lowest BCUT2D eigenvalue weighted by Crippen LogP contribution is -2.51. The summed E-state index contributed by atoms with van der Waals surface area (Å²) in [5.41, 5.74) is 10.9. The third-order valence-electron chi connectivity index (χ3n) is 10.3. The Morgan fingerprint density at radius 2 is 1.69 bits per heavy atom. The van der Waals surface area contributed by atoms with Crippen molar-refractivity contribution < 1.29 is 23.8 Å². The summed E-state index contributed by atoms with van der Waals surface area (Å²) in [7, 11) is 1.75. The molecule has 2 fully saturated rings. The molecule has 9 nitrogen and oxygen atoms in total. The Labute approximate surface area is 304 Å². The zero-order chi connectivity index (χ0) is 36.0. The first-order chi connectivity index (χ1) is 24.6. The van der Waals surface area contributed by atoms with Gasteiger partial charge in [0.15, 0.2) is 0 Å². The molecule has 3 aromatic carbocycles. The van der Waals surface area contributed by atoms with E-state index in [1.807, 2.05) is 32.9 Å². The summed E-state index contributed by atoms with van der Waals surface area (Å²) >= 11 is 0. The van der Waals surface area contributed by atoms with Gasteiger partial charge in [0.05, 0.1) is 12.5 Å². The fourth-order valence-corrected chi connectivity index (χ4v) is 7.67. The van der Waals surface area contributed by atoms with Crippen LogP contribution in [0.4, 0.5) is 10.5 Å². The molecule has 3 atom stereocenters. The number of carbonyl (C=O) groups is 2. The van der Waals surface area contributed by atoms with E-state index in [1.165, 1.54) is 11.3 Å². The van der Waals surface area contributed by atoms with E-state index in [-0.39, 0.29) is 35.8 Å². The van der Waals surface area contributed by atoms with Crippen LogP contribution >= 0.6 is 0 Å². The zero-order valence-electron chi connectivity index (χ0n) is 30.9. The number of ether oxygens (including phenoxy) is 3. The molecule has 3 aromatic rings. The number of para-hydroxylation sites is 1. The van der Waals surface area contributed by atoms with Crippen LogP contribution in [0.25, 0.3) is 11.1 Å². The number of piperidine rings is 1. The normalized spacial score (nSPS) is 20.2. The summed E-state index contributed by atoms with van der Waals surface area (Å²) in [6.07, 6.45) is 4.15. The van der Waals surface area contributed by atoms with Gasteiger partial charge in [0.1, 0.15) is 11.4 Å². The number of fused-ring (bicyclic) bond motifs is 1. The SMILES string of the molecule is COCCCN1CC(CN(C(=O)[C@H]2CN(C(=O)OC(C)(C)C)CC[C@@H]2c2cccc(-c3ccc(OCCCN)cc3)c2)C2CC2)c2ccccc21. The number of likely N-dealkylation sites (tertiary alicyclic amines) is 1. The lowest BCUT2D eigenvalue weighted by molar-refractivity contribution is -0.138. The first kappa shape index (κ1) is 36.7.